The van der Waals surface area contributed by atoms with Crippen molar-refractivity contribution in [1.29, 1.82) is 0 Å². The van der Waals surface area contributed by atoms with Crippen LogP contribution < -0.4 is 5.32 Å². The Morgan fingerprint density at radius 3 is 2.55 bits per heavy atom. The van der Waals surface area contributed by atoms with Crippen molar-refractivity contribution in [2.24, 2.45) is 5.41 Å². The van der Waals surface area contributed by atoms with E-state index < -0.39 is 11.7 Å². The van der Waals surface area contributed by atoms with Crippen LogP contribution in [0.3, 0.4) is 0 Å². The highest BCUT2D eigenvalue weighted by Crippen LogP contribution is 2.38. The fraction of sp³-hybridized carbons (Fsp3) is 0.600. The molecule has 1 aromatic rings. The van der Waals surface area contributed by atoms with E-state index in [0.717, 1.165) is 37.1 Å². The zero-order valence-corrected chi connectivity index (χ0v) is 13.2. The molecule has 1 unspecified atom stereocenters. The van der Waals surface area contributed by atoms with Crippen molar-refractivity contribution in [1.82, 2.24) is 0 Å². The molecule has 112 valence electrons. The first-order valence-electron chi connectivity index (χ1n) is 6.81. The lowest BCUT2D eigenvalue weighted by molar-refractivity contribution is -0.137. The minimum Gasteiger partial charge on any atom is -0.381 e. The molecule has 0 bridgehead atoms. The van der Waals surface area contributed by atoms with E-state index >= 15 is 0 Å². The maximum Gasteiger partial charge on any atom is 0.416 e. The predicted octanol–water partition coefficient (Wildman–Crippen LogP) is 5.85. The monoisotopic (exact) mass is 349 g/mol. The van der Waals surface area contributed by atoms with Crippen LogP contribution >= 0.6 is 15.9 Å². The van der Waals surface area contributed by atoms with Crippen LogP contribution in [0.4, 0.5) is 18.9 Å². The molecule has 20 heavy (non-hydrogen) atoms. The Morgan fingerprint density at radius 2 is 2.00 bits per heavy atom. The molecular weight excluding hydrogens is 331 g/mol. The smallest absolute Gasteiger partial charge is 0.381 e. The van der Waals surface area contributed by atoms with Gasteiger partial charge in [0.2, 0.25) is 0 Å². The van der Waals surface area contributed by atoms with Gasteiger partial charge in [0.25, 0.3) is 0 Å². The van der Waals surface area contributed by atoms with E-state index in [1.54, 1.807) is 0 Å². The molecule has 0 spiro atoms. The molecule has 1 aliphatic rings. The maximum absolute atomic E-state index is 12.6. The third-order valence-corrected chi connectivity index (χ3v) is 4.52. The van der Waals surface area contributed by atoms with Crippen LogP contribution in [-0.4, -0.2) is 6.04 Å². The number of hydrogen-bond acceptors (Lipinski definition) is 1. The van der Waals surface area contributed by atoms with Gasteiger partial charge in [0.15, 0.2) is 0 Å². The molecular formula is C15H19BrF3N. The first-order valence-corrected chi connectivity index (χ1v) is 7.60. The van der Waals surface area contributed by atoms with E-state index in [1.807, 2.05) is 0 Å². The lowest BCUT2D eigenvalue weighted by Gasteiger charge is -2.36. The molecule has 1 N–H and O–H groups in total. The van der Waals surface area contributed by atoms with E-state index in [9.17, 15) is 13.2 Å². The van der Waals surface area contributed by atoms with Crippen molar-refractivity contribution in [3.8, 4) is 0 Å². The quantitative estimate of drug-likeness (QED) is 0.706. The van der Waals surface area contributed by atoms with Crippen molar-refractivity contribution >= 4 is 21.6 Å². The van der Waals surface area contributed by atoms with Crippen LogP contribution in [-0.2, 0) is 6.18 Å². The van der Waals surface area contributed by atoms with Gasteiger partial charge in [0, 0.05) is 16.2 Å². The summed E-state index contributed by atoms with van der Waals surface area (Å²) in [6.07, 6.45) is 0.174. The van der Waals surface area contributed by atoms with E-state index in [-0.39, 0.29) is 0 Å². The van der Waals surface area contributed by atoms with E-state index in [0.29, 0.717) is 15.9 Å². The molecule has 0 aliphatic heterocycles. The Morgan fingerprint density at radius 1 is 1.30 bits per heavy atom. The van der Waals surface area contributed by atoms with Gasteiger partial charge in [-0.05, 0) is 58.8 Å². The van der Waals surface area contributed by atoms with Crippen LogP contribution in [0.1, 0.15) is 45.1 Å². The summed E-state index contributed by atoms with van der Waals surface area (Å²) in [5.41, 5.74) is 0.411. The lowest BCUT2D eigenvalue weighted by Crippen LogP contribution is -2.31. The van der Waals surface area contributed by atoms with E-state index in [1.165, 1.54) is 12.5 Å². The SMILES string of the molecule is CC1(C)CCCC(Nc2ccc(C(F)(F)F)cc2Br)C1. The van der Waals surface area contributed by atoms with Gasteiger partial charge >= 0.3 is 6.18 Å². The minimum absolute atomic E-state index is 0.300. The minimum atomic E-state index is -4.30. The molecule has 1 nitrogen and oxygen atoms in total. The summed E-state index contributed by atoms with van der Waals surface area (Å²) in [5, 5.41) is 3.37. The zero-order valence-electron chi connectivity index (χ0n) is 11.6. The second-order valence-corrected chi connectivity index (χ2v) is 7.15. The molecule has 1 saturated carbocycles. The Labute approximate surface area is 126 Å². The second kappa shape index (κ2) is 5.58. The summed E-state index contributed by atoms with van der Waals surface area (Å²) in [5.74, 6) is 0. The molecule has 1 atom stereocenters. The average Bonchev–Trinajstić information content (AvgIpc) is 2.29. The van der Waals surface area contributed by atoms with Crippen LogP contribution in [0.25, 0.3) is 0 Å². The molecule has 0 aromatic heterocycles. The summed E-state index contributed by atoms with van der Waals surface area (Å²) in [7, 11) is 0. The first kappa shape index (κ1) is 15.7. The molecule has 5 heteroatoms. The normalized spacial score (nSPS) is 22.6. The first-order chi connectivity index (χ1) is 9.17. The molecule has 0 heterocycles. The summed E-state index contributed by atoms with van der Waals surface area (Å²) in [6.45, 7) is 4.48. The van der Waals surface area contributed by atoms with E-state index in [2.05, 4.69) is 35.1 Å². The predicted molar refractivity (Wildman–Crippen MR) is 78.8 cm³/mol. The van der Waals surface area contributed by atoms with Gasteiger partial charge in [-0.25, -0.2) is 0 Å². The Balaban J connectivity index is 2.10. The van der Waals surface area contributed by atoms with Crippen LogP contribution in [0.15, 0.2) is 22.7 Å². The highest BCUT2D eigenvalue weighted by molar-refractivity contribution is 9.10. The molecule has 0 saturated heterocycles. The third-order valence-electron chi connectivity index (χ3n) is 3.86. The van der Waals surface area contributed by atoms with Gasteiger partial charge in [-0.15, -0.1) is 0 Å². The van der Waals surface area contributed by atoms with Gasteiger partial charge in [-0.1, -0.05) is 20.3 Å². The van der Waals surface area contributed by atoms with Crippen LogP contribution in [0.2, 0.25) is 0 Å². The van der Waals surface area contributed by atoms with Crippen molar-refractivity contribution < 1.29 is 13.2 Å². The number of benzene rings is 1. The van der Waals surface area contributed by atoms with Gasteiger partial charge in [-0.2, -0.15) is 13.2 Å². The highest BCUT2D eigenvalue weighted by atomic mass is 79.9. The molecule has 1 aromatic carbocycles. The van der Waals surface area contributed by atoms with Crippen LogP contribution in [0.5, 0.6) is 0 Å². The van der Waals surface area contributed by atoms with E-state index in [4.69, 9.17) is 0 Å². The zero-order chi connectivity index (χ0) is 15.0. The second-order valence-electron chi connectivity index (χ2n) is 6.29. The summed E-state index contributed by atoms with van der Waals surface area (Å²) in [4.78, 5) is 0. The van der Waals surface area contributed by atoms with Crippen LogP contribution in [0, 0.1) is 5.41 Å². The molecule has 0 radical (unpaired) electrons. The Bertz CT molecular complexity index is 482. The van der Waals surface area contributed by atoms with Gasteiger partial charge < -0.3 is 5.32 Å². The van der Waals surface area contributed by atoms with Crippen molar-refractivity contribution in [3.05, 3.63) is 28.2 Å². The van der Waals surface area contributed by atoms with Crippen molar-refractivity contribution in [2.75, 3.05) is 5.32 Å². The molecule has 1 aliphatic carbocycles. The maximum atomic E-state index is 12.6. The number of anilines is 1. The number of nitrogens with one attached hydrogen (secondary N) is 1. The van der Waals surface area contributed by atoms with Gasteiger partial charge in [-0.3, -0.25) is 0 Å². The number of alkyl halides is 3. The fourth-order valence-electron chi connectivity index (χ4n) is 2.85. The number of rotatable bonds is 2. The standard InChI is InChI=1S/C15H19BrF3N/c1-14(2)7-3-4-11(9-14)20-13-6-5-10(8-12(13)16)15(17,18)19/h5-6,8,11,20H,3-4,7,9H2,1-2H3. The largest absolute Gasteiger partial charge is 0.416 e. The number of hydrogen-bond donors (Lipinski definition) is 1. The van der Waals surface area contributed by atoms with Crippen molar-refractivity contribution in [3.63, 3.8) is 0 Å². The highest BCUT2D eigenvalue weighted by Gasteiger charge is 2.31. The number of halogens is 4. The van der Waals surface area contributed by atoms with Crippen molar-refractivity contribution in [2.45, 2.75) is 51.7 Å². The molecule has 1 fully saturated rings. The fourth-order valence-corrected chi connectivity index (χ4v) is 3.34. The topological polar surface area (TPSA) is 12.0 Å². The Kier molecular flexibility index (Phi) is 4.38. The summed E-state index contributed by atoms with van der Waals surface area (Å²) < 4.78 is 38.3. The Hall–Kier alpha value is -0.710. The molecule has 0 amide bonds. The third kappa shape index (κ3) is 3.90. The van der Waals surface area contributed by atoms with Gasteiger partial charge in [0.1, 0.15) is 0 Å². The summed E-state index contributed by atoms with van der Waals surface area (Å²) in [6, 6.07) is 4.10. The molecule has 2 rings (SSSR count). The lowest BCUT2D eigenvalue weighted by atomic mass is 9.75. The van der Waals surface area contributed by atoms with Gasteiger partial charge in [0.05, 0.1) is 5.56 Å². The average molecular weight is 350 g/mol. The summed E-state index contributed by atoms with van der Waals surface area (Å²) >= 11 is 3.23.